The van der Waals surface area contributed by atoms with Gasteiger partial charge >= 0.3 is 0 Å². The Morgan fingerprint density at radius 1 is 1.45 bits per heavy atom. The molecule has 0 radical (unpaired) electrons. The minimum atomic E-state index is -4.46. The molecule has 1 heterocycles. The van der Waals surface area contributed by atoms with Gasteiger partial charge < -0.3 is 4.55 Å². The summed E-state index contributed by atoms with van der Waals surface area (Å²) in [6, 6.07) is 4.10. The molecule has 0 aromatic heterocycles. The van der Waals surface area contributed by atoms with Crippen LogP contribution in [0.4, 0.5) is 4.39 Å². The molecule has 1 aromatic carbocycles. The first-order valence-corrected chi connectivity index (χ1v) is 9.00. The van der Waals surface area contributed by atoms with Gasteiger partial charge in [-0.3, -0.25) is 9.69 Å². The topological polar surface area (TPSA) is 77.5 Å². The Balaban J connectivity index is 2.26. The molecule has 118 valence electrons. The zero-order valence-electron chi connectivity index (χ0n) is 10.8. The Kier molecular flexibility index (Phi) is 5.23. The normalized spacial score (nSPS) is 17.6. The highest BCUT2D eigenvalue weighted by Crippen LogP contribution is 2.34. The van der Waals surface area contributed by atoms with Crippen molar-refractivity contribution >= 4 is 62.0 Å². The average Bonchev–Trinajstić information content (AvgIpc) is 2.66. The number of hydrogen-bond donors (Lipinski definition) is 0. The lowest BCUT2D eigenvalue weighted by Crippen LogP contribution is -2.32. The highest BCUT2D eigenvalue weighted by atomic mass is 35.5. The van der Waals surface area contributed by atoms with Gasteiger partial charge in [0.25, 0.3) is 5.91 Å². The van der Waals surface area contributed by atoms with Crippen molar-refractivity contribution in [1.82, 2.24) is 4.90 Å². The molecule has 0 bridgehead atoms. The Bertz CT molecular complexity index is 758. The first kappa shape index (κ1) is 17.4. The largest absolute Gasteiger partial charge is 0.748 e. The van der Waals surface area contributed by atoms with Crippen LogP contribution in [-0.2, 0) is 14.9 Å². The van der Waals surface area contributed by atoms with Crippen LogP contribution in [0.2, 0.25) is 5.02 Å². The second-order valence-corrected chi connectivity index (χ2v) is 7.84. The van der Waals surface area contributed by atoms with Crippen LogP contribution in [0.1, 0.15) is 5.56 Å². The number of thiocarbonyl (C=S) groups is 1. The first-order valence-electron chi connectivity index (χ1n) is 5.82. The molecule has 1 fully saturated rings. The van der Waals surface area contributed by atoms with Crippen LogP contribution in [0.25, 0.3) is 6.08 Å². The van der Waals surface area contributed by atoms with Crippen molar-refractivity contribution in [2.24, 2.45) is 0 Å². The highest BCUT2D eigenvalue weighted by Gasteiger charge is 2.32. The monoisotopic (exact) mass is 380 g/mol. The lowest BCUT2D eigenvalue weighted by molar-refractivity contribution is -0.121. The summed E-state index contributed by atoms with van der Waals surface area (Å²) >= 11 is 11.7. The molecule has 2 rings (SSSR count). The Hall–Kier alpha value is -1.00. The van der Waals surface area contributed by atoms with E-state index in [0.29, 0.717) is 0 Å². The lowest BCUT2D eigenvalue weighted by atomic mass is 10.2. The standard InChI is InChI=1S/C12H9ClFNO4S3/c13-8-2-1-3-9(14)7(8)6-10-11(16)15(12(20)21-10)4-5-22(17,18)19/h1-3,6H,4-5H2,(H,17,18,19)/p-1/b10-6-. The summed E-state index contributed by atoms with van der Waals surface area (Å²) in [6.07, 6.45) is 1.25. The SMILES string of the molecule is O=C1/C(=C/c2c(F)cccc2Cl)SC(=S)N1CCS(=O)(=O)[O-]. The second-order valence-electron chi connectivity index (χ2n) is 4.23. The van der Waals surface area contributed by atoms with Crippen LogP contribution in [0.5, 0.6) is 0 Å². The molecule has 1 saturated heterocycles. The van der Waals surface area contributed by atoms with E-state index >= 15 is 0 Å². The predicted molar refractivity (Wildman–Crippen MR) is 85.9 cm³/mol. The number of rotatable bonds is 4. The summed E-state index contributed by atoms with van der Waals surface area (Å²) < 4.78 is 45.7. The van der Waals surface area contributed by atoms with Gasteiger partial charge in [-0.1, -0.05) is 41.6 Å². The van der Waals surface area contributed by atoms with Gasteiger partial charge in [0.15, 0.2) is 0 Å². The fourth-order valence-corrected chi connectivity index (χ4v) is 3.59. The maximum atomic E-state index is 13.7. The van der Waals surface area contributed by atoms with E-state index in [-0.39, 0.29) is 26.4 Å². The number of hydrogen-bond acceptors (Lipinski definition) is 6. The molecule has 0 spiro atoms. The lowest BCUT2D eigenvalue weighted by Gasteiger charge is -2.15. The number of carbonyl (C=O) groups excluding carboxylic acids is 1. The molecule has 22 heavy (non-hydrogen) atoms. The van der Waals surface area contributed by atoms with Crippen molar-refractivity contribution in [3.8, 4) is 0 Å². The summed E-state index contributed by atoms with van der Waals surface area (Å²) in [7, 11) is -4.46. The highest BCUT2D eigenvalue weighted by molar-refractivity contribution is 8.26. The van der Waals surface area contributed by atoms with Crippen molar-refractivity contribution < 1.29 is 22.2 Å². The Morgan fingerprint density at radius 3 is 2.73 bits per heavy atom. The third-order valence-electron chi connectivity index (χ3n) is 2.71. The molecular formula is C12H8ClFNO4S3-. The molecule has 1 amide bonds. The zero-order valence-corrected chi connectivity index (χ0v) is 14.0. The minimum absolute atomic E-state index is 0.0427. The van der Waals surface area contributed by atoms with Gasteiger partial charge in [0.2, 0.25) is 0 Å². The molecule has 1 aliphatic rings. The maximum absolute atomic E-state index is 13.7. The van der Waals surface area contributed by atoms with Gasteiger partial charge in [0.05, 0.1) is 25.8 Å². The van der Waals surface area contributed by atoms with E-state index in [4.69, 9.17) is 23.8 Å². The van der Waals surface area contributed by atoms with E-state index in [1.54, 1.807) is 0 Å². The number of benzene rings is 1. The summed E-state index contributed by atoms with van der Waals surface area (Å²) in [5.74, 6) is -1.93. The molecule has 0 atom stereocenters. The number of thioether (sulfide) groups is 1. The van der Waals surface area contributed by atoms with Crippen LogP contribution < -0.4 is 0 Å². The second kappa shape index (κ2) is 6.63. The van der Waals surface area contributed by atoms with Gasteiger partial charge in [-0.2, -0.15) is 0 Å². The van der Waals surface area contributed by atoms with Crippen molar-refractivity contribution in [3.63, 3.8) is 0 Å². The van der Waals surface area contributed by atoms with E-state index in [9.17, 15) is 22.2 Å². The molecule has 0 N–H and O–H groups in total. The molecule has 0 saturated carbocycles. The van der Waals surface area contributed by atoms with Gasteiger partial charge in [-0.05, 0) is 18.2 Å². The first-order chi connectivity index (χ1) is 10.2. The number of halogens is 2. The fraction of sp³-hybridized carbons (Fsp3) is 0.167. The van der Waals surface area contributed by atoms with E-state index < -0.39 is 27.6 Å². The maximum Gasteiger partial charge on any atom is 0.266 e. The molecule has 5 nitrogen and oxygen atoms in total. The molecule has 0 aliphatic carbocycles. The molecule has 1 aliphatic heterocycles. The molecule has 1 aromatic rings. The summed E-state index contributed by atoms with van der Waals surface area (Å²) in [4.78, 5) is 13.3. The van der Waals surface area contributed by atoms with Crippen LogP contribution in [0.3, 0.4) is 0 Å². The fourth-order valence-electron chi connectivity index (χ4n) is 1.68. The van der Waals surface area contributed by atoms with Gasteiger partial charge in [-0.25, -0.2) is 12.8 Å². The van der Waals surface area contributed by atoms with Crippen LogP contribution in [0, 0.1) is 5.82 Å². The summed E-state index contributed by atoms with van der Waals surface area (Å²) in [5.41, 5.74) is 0.0427. The summed E-state index contributed by atoms with van der Waals surface area (Å²) in [5, 5.41) is 0.132. The average molecular weight is 381 g/mol. The Labute approximate surface area is 140 Å². The van der Waals surface area contributed by atoms with Gasteiger partial charge in [0.1, 0.15) is 10.1 Å². The van der Waals surface area contributed by atoms with E-state index in [1.807, 2.05) is 0 Å². The van der Waals surface area contributed by atoms with Crippen molar-refractivity contribution in [3.05, 3.63) is 39.5 Å². The number of carbonyl (C=O) groups is 1. The third-order valence-corrected chi connectivity index (χ3v) is 5.10. The minimum Gasteiger partial charge on any atom is -0.748 e. The van der Waals surface area contributed by atoms with Gasteiger partial charge in [0, 0.05) is 12.1 Å². The van der Waals surface area contributed by atoms with Crippen LogP contribution in [-0.4, -0.2) is 40.4 Å². The summed E-state index contributed by atoms with van der Waals surface area (Å²) in [6.45, 7) is -0.334. The number of amides is 1. The smallest absolute Gasteiger partial charge is 0.266 e. The Morgan fingerprint density at radius 2 is 2.14 bits per heavy atom. The molecule has 0 unspecified atom stereocenters. The number of nitrogens with zero attached hydrogens (tertiary/aromatic N) is 1. The van der Waals surface area contributed by atoms with Crippen molar-refractivity contribution in [2.75, 3.05) is 12.3 Å². The van der Waals surface area contributed by atoms with Crippen LogP contribution >= 0.6 is 35.6 Å². The predicted octanol–water partition coefficient (Wildman–Crippen LogP) is 2.23. The van der Waals surface area contributed by atoms with E-state index in [1.165, 1.54) is 24.3 Å². The zero-order chi connectivity index (χ0) is 16.5. The molecular weight excluding hydrogens is 373 g/mol. The van der Waals surface area contributed by atoms with Gasteiger partial charge in [-0.15, -0.1) is 0 Å². The van der Waals surface area contributed by atoms with Crippen LogP contribution in [0.15, 0.2) is 23.1 Å². The third kappa shape index (κ3) is 4.05. The van der Waals surface area contributed by atoms with Crippen molar-refractivity contribution in [1.29, 1.82) is 0 Å². The molecule has 10 heteroatoms. The van der Waals surface area contributed by atoms with Crippen molar-refractivity contribution in [2.45, 2.75) is 0 Å². The quantitative estimate of drug-likeness (QED) is 0.453. The van der Waals surface area contributed by atoms with E-state index in [2.05, 4.69) is 0 Å². The van der Waals surface area contributed by atoms with E-state index in [0.717, 1.165) is 16.7 Å².